The molecule has 0 heterocycles. The van der Waals surface area contributed by atoms with Gasteiger partial charge in [-0.1, -0.05) is 18.2 Å². The molecular formula is C11H13NO2S. The highest BCUT2D eigenvalue weighted by Crippen LogP contribution is 2.13. The molecule has 0 aliphatic carbocycles. The molecule has 1 rings (SSSR count). The lowest BCUT2D eigenvalue weighted by Crippen LogP contribution is -1.91. The Morgan fingerprint density at radius 1 is 1.40 bits per heavy atom. The van der Waals surface area contributed by atoms with Gasteiger partial charge in [-0.2, -0.15) is 11.8 Å². The Morgan fingerprint density at radius 3 is 2.60 bits per heavy atom. The van der Waals surface area contributed by atoms with Crippen LogP contribution in [0, 0.1) is 10.1 Å². The van der Waals surface area contributed by atoms with Crippen molar-refractivity contribution in [3.8, 4) is 0 Å². The third-order valence-corrected chi connectivity index (χ3v) is 2.88. The number of aryl methyl sites for hydroxylation is 1. The largest absolute Gasteiger partial charge is 0.269 e. The minimum absolute atomic E-state index is 0.150. The second-order valence-corrected chi connectivity index (χ2v) is 4.19. The molecule has 15 heavy (non-hydrogen) atoms. The minimum atomic E-state index is -0.379. The molecule has 0 aliphatic rings. The monoisotopic (exact) mass is 223 g/mol. The fraction of sp³-hybridized carbons (Fsp3) is 0.273. The van der Waals surface area contributed by atoms with Crippen LogP contribution in [0.4, 0.5) is 5.69 Å². The third kappa shape index (κ3) is 4.16. The number of hydrogen-bond acceptors (Lipinski definition) is 3. The van der Waals surface area contributed by atoms with E-state index < -0.39 is 0 Å². The minimum Gasteiger partial charge on any atom is -0.258 e. The van der Waals surface area contributed by atoms with E-state index in [4.69, 9.17) is 0 Å². The summed E-state index contributed by atoms with van der Waals surface area (Å²) in [6.07, 6.45) is 2.82. The lowest BCUT2D eigenvalue weighted by molar-refractivity contribution is -0.384. The number of nitrogens with zero attached hydrogens (tertiary/aromatic N) is 1. The predicted molar refractivity (Wildman–Crippen MR) is 64.3 cm³/mol. The summed E-state index contributed by atoms with van der Waals surface area (Å²) in [5.41, 5.74) is 1.29. The van der Waals surface area contributed by atoms with E-state index in [0.717, 1.165) is 23.5 Å². The first kappa shape index (κ1) is 11.8. The van der Waals surface area contributed by atoms with Crippen LogP contribution in [0.25, 0.3) is 0 Å². The van der Waals surface area contributed by atoms with Gasteiger partial charge >= 0.3 is 0 Å². The summed E-state index contributed by atoms with van der Waals surface area (Å²) >= 11 is 1.81. The Hall–Kier alpha value is -1.29. The lowest BCUT2D eigenvalue weighted by atomic mass is 10.1. The summed E-state index contributed by atoms with van der Waals surface area (Å²) in [6, 6.07) is 6.72. The quantitative estimate of drug-likeness (QED) is 0.322. The van der Waals surface area contributed by atoms with Crippen LogP contribution in [0.15, 0.2) is 36.9 Å². The van der Waals surface area contributed by atoms with Crippen LogP contribution in [0.2, 0.25) is 0 Å². The molecular weight excluding hydrogens is 210 g/mol. The number of nitro benzene ring substituents is 1. The second-order valence-electron chi connectivity index (χ2n) is 3.04. The molecule has 1 aromatic carbocycles. The molecule has 0 N–H and O–H groups in total. The molecule has 0 saturated carbocycles. The maximum atomic E-state index is 10.4. The first-order chi connectivity index (χ1) is 7.24. The maximum Gasteiger partial charge on any atom is 0.269 e. The Labute approximate surface area is 93.3 Å². The highest BCUT2D eigenvalue weighted by Gasteiger charge is 2.03. The summed E-state index contributed by atoms with van der Waals surface area (Å²) in [7, 11) is 0. The Bertz CT molecular complexity index is 335. The highest BCUT2D eigenvalue weighted by molar-refractivity contribution is 7.99. The van der Waals surface area contributed by atoms with Crippen molar-refractivity contribution in [2.75, 3.05) is 11.5 Å². The van der Waals surface area contributed by atoms with E-state index in [-0.39, 0.29) is 10.6 Å². The van der Waals surface area contributed by atoms with Crippen molar-refractivity contribution >= 4 is 17.4 Å². The van der Waals surface area contributed by atoms with Gasteiger partial charge in [0, 0.05) is 17.9 Å². The zero-order valence-electron chi connectivity index (χ0n) is 8.39. The van der Waals surface area contributed by atoms with Crippen molar-refractivity contribution in [2.24, 2.45) is 0 Å². The van der Waals surface area contributed by atoms with E-state index in [9.17, 15) is 10.1 Å². The van der Waals surface area contributed by atoms with Gasteiger partial charge in [-0.25, -0.2) is 0 Å². The number of non-ortho nitro benzene ring substituents is 1. The Kier molecular flexibility index (Phi) is 4.90. The standard InChI is InChI=1S/C11H13NO2S/c1-2-8-15-9-7-10-3-5-11(6-4-10)12(13)14/h2-6H,1,7-9H2. The average molecular weight is 223 g/mol. The van der Waals surface area contributed by atoms with E-state index in [1.807, 2.05) is 18.2 Å². The molecule has 1 aromatic rings. The summed E-state index contributed by atoms with van der Waals surface area (Å²) in [5.74, 6) is 1.97. The van der Waals surface area contributed by atoms with Crippen LogP contribution in [-0.2, 0) is 6.42 Å². The first-order valence-corrected chi connectivity index (χ1v) is 5.81. The Morgan fingerprint density at radius 2 is 2.07 bits per heavy atom. The van der Waals surface area contributed by atoms with Crippen molar-refractivity contribution in [3.05, 3.63) is 52.6 Å². The molecule has 3 nitrogen and oxygen atoms in total. The zero-order chi connectivity index (χ0) is 11.1. The van der Waals surface area contributed by atoms with E-state index in [2.05, 4.69) is 6.58 Å². The van der Waals surface area contributed by atoms with Crippen LogP contribution in [0.3, 0.4) is 0 Å². The lowest BCUT2D eigenvalue weighted by Gasteiger charge is -1.99. The second kappa shape index (κ2) is 6.24. The van der Waals surface area contributed by atoms with Crippen molar-refractivity contribution in [1.82, 2.24) is 0 Å². The molecule has 0 aromatic heterocycles. The molecule has 0 unspecified atom stereocenters. The fourth-order valence-corrected chi connectivity index (χ4v) is 1.85. The molecule has 0 saturated heterocycles. The van der Waals surface area contributed by atoms with Gasteiger partial charge in [-0.05, 0) is 17.7 Å². The number of hydrogen-bond donors (Lipinski definition) is 0. The normalized spacial score (nSPS) is 9.87. The predicted octanol–water partition coefficient (Wildman–Crippen LogP) is 3.06. The molecule has 0 amide bonds. The molecule has 4 heteroatoms. The SMILES string of the molecule is C=CCSCCc1ccc([N+](=O)[O-])cc1. The fourth-order valence-electron chi connectivity index (χ4n) is 1.14. The topological polar surface area (TPSA) is 43.1 Å². The van der Waals surface area contributed by atoms with Gasteiger partial charge in [-0.15, -0.1) is 6.58 Å². The molecule has 0 radical (unpaired) electrons. The molecule has 0 bridgehead atoms. The zero-order valence-corrected chi connectivity index (χ0v) is 9.20. The van der Waals surface area contributed by atoms with Gasteiger partial charge in [0.15, 0.2) is 0 Å². The number of thioether (sulfide) groups is 1. The van der Waals surface area contributed by atoms with E-state index >= 15 is 0 Å². The van der Waals surface area contributed by atoms with Crippen LogP contribution >= 0.6 is 11.8 Å². The summed E-state index contributed by atoms with van der Waals surface area (Å²) in [5, 5.41) is 10.4. The smallest absolute Gasteiger partial charge is 0.258 e. The Balaban J connectivity index is 2.42. The van der Waals surface area contributed by atoms with Crippen LogP contribution < -0.4 is 0 Å². The van der Waals surface area contributed by atoms with Gasteiger partial charge in [0.25, 0.3) is 5.69 Å². The van der Waals surface area contributed by atoms with Crippen molar-refractivity contribution < 1.29 is 4.92 Å². The molecule has 0 spiro atoms. The van der Waals surface area contributed by atoms with Gasteiger partial charge < -0.3 is 0 Å². The number of rotatable bonds is 6. The van der Waals surface area contributed by atoms with E-state index in [1.165, 1.54) is 0 Å². The first-order valence-electron chi connectivity index (χ1n) is 4.66. The van der Waals surface area contributed by atoms with Gasteiger partial charge in [0.05, 0.1) is 4.92 Å². The molecule has 0 atom stereocenters. The van der Waals surface area contributed by atoms with Gasteiger partial charge in [0.1, 0.15) is 0 Å². The highest BCUT2D eigenvalue weighted by atomic mass is 32.2. The maximum absolute atomic E-state index is 10.4. The molecule has 0 fully saturated rings. The van der Waals surface area contributed by atoms with E-state index in [1.54, 1.807) is 23.9 Å². The van der Waals surface area contributed by atoms with Crippen molar-refractivity contribution in [3.63, 3.8) is 0 Å². The van der Waals surface area contributed by atoms with Crippen molar-refractivity contribution in [1.29, 1.82) is 0 Å². The average Bonchev–Trinajstić information content (AvgIpc) is 2.25. The summed E-state index contributed by atoms with van der Waals surface area (Å²) in [4.78, 5) is 10.0. The van der Waals surface area contributed by atoms with Crippen LogP contribution in [0.5, 0.6) is 0 Å². The van der Waals surface area contributed by atoms with Gasteiger partial charge in [-0.3, -0.25) is 10.1 Å². The number of nitro groups is 1. The molecule has 0 aliphatic heterocycles. The van der Waals surface area contributed by atoms with Crippen molar-refractivity contribution in [2.45, 2.75) is 6.42 Å². The van der Waals surface area contributed by atoms with E-state index in [0.29, 0.717) is 0 Å². The third-order valence-electron chi connectivity index (χ3n) is 1.92. The number of benzene rings is 1. The molecule has 80 valence electrons. The van der Waals surface area contributed by atoms with Crippen LogP contribution in [-0.4, -0.2) is 16.4 Å². The van der Waals surface area contributed by atoms with Gasteiger partial charge in [0.2, 0.25) is 0 Å². The van der Waals surface area contributed by atoms with Crippen LogP contribution in [0.1, 0.15) is 5.56 Å². The summed E-state index contributed by atoms with van der Waals surface area (Å²) in [6.45, 7) is 3.64. The summed E-state index contributed by atoms with van der Waals surface area (Å²) < 4.78 is 0.